The topological polar surface area (TPSA) is 108 Å². The van der Waals surface area contributed by atoms with Gasteiger partial charge in [-0.15, -0.1) is 0 Å². The van der Waals surface area contributed by atoms with Crippen LogP contribution in [-0.4, -0.2) is 74.9 Å². The Morgan fingerprint density at radius 2 is 0.740 bits per heavy atom. The Balaban J connectivity index is 3.98. The highest BCUT2D eigenvalue weighted by Crippen LogP contribution is 2.43. The first kappa shape index (κ1) is 73.9. The fourth-order valence-electron chi connectivity index (χ4n) is 8.52. The molecule has 0 saturated carbocycles. The Labute approximate surface area is 474 Å². The summed E-state index contributed by atoms with van der Waals surface area (Å²) >= 11 is 0. The predicted molar refractivity (Wildman–Crippen MR) is 330 cm³/mol. The number of ether oxygens (including phenoxy) is 2. The molecule has 0 aliphatic rings. The number of phosphoric ester groups is 1. The SMILES string of the molecule is CC/C=C\C/C=C\C/C=C\C/C=C\C/C=C\C/C=C\C/C=C\CCCCCCCCCCCCCCCCCCCC(=O)OC(COC(=O)CCCCCCC/C=C\CCCCCCC)COP(=O)(O)OCC[N+](C)(C)C. The van der Waals surface area contributed by atoms with E-state index in [2.05, 4.69) is 111 Å². The first-order valence-corrected chi connectivity index (χ1v) is 33.0. The van der Waals surface area contributed by atoms with E-state index in [1.165, 1.54) is 135 Å². The van der Waals surface area contributed by atoms with Crippen LogP contribution in [0.3, 0.4) is 0 Å². The Morgan fingerprint density at radius 1 is 0.416 bits per heavy atom. The number of phosphoric acid groups is 1. The monoisotopic (exact) mass is 1100 g/mol. The van der Waals surface area contributed by atoms with Crippen molar-refractivity contribution in [2.75, 3.05) is 47.5 Å². The molecule has 0 aromatic carbocycles. The normalized spacial score (nSPS) is 13.9. The Hall–Kier alpha value is -3.07. The highest BCUT2D eigenvalue weighted by molar-refractivity contribution is 7.47. The highest BCUT2D eigenvalue weighted by atomic mass is 31.2. The van der Waals surface area contributed by atoms with Gasteiger partial charge >= 0.3 is 19.8 Å². The van der Waals surface area contributed by atoms with Crippen LogP contribution < -0.4 is 0 Å². The number of esters is 2. The van der Waals surface area contributed by atoms with Gasteiger partial charge in [0, 0.05) is 12.8 Å². The Kier molecular flexibility index (Phi) is 55.3. The lowest BCUT2D eigenvalue weighted by atomic mass is 10.0. The molecule has 444 valence electrons. The van der Waals surface area contributed by atoms with Crippen LogP contribution in [0.2, 0.25) is 0 Å². The van der Waals surface area contributed by atoms with E-state index in [0.29, 0.717) is 17.4 Å². The second kappa shape index (κ2) is 57.6. The minimum absolute atomic E-state index is 0.0287. The maximum atomic E-state index is 12.8. The first-order chi connectivity index (χ1) is 37.5. The average Bonchev–Trinajstić information content (AvgIpc) is 3.39. The van der Waals surface area contributed by atoms with Gasteiger partial charge in [-0.05, 0) is 96.3 Å². The third-order valence-electron chi connectivity index (χ3n) is 13.3. The molecule has 0 aromatic rings. The predicted octanol–water partition coefficient (Wildman–Crippen LogP) is 20.0. The van der Waals surface area contributed by atoms with Crippen LogP contribution in [0, 0.1) is 0 Å². The lowest BCUT2D eigenvalue weighted by Crippen LogP contribution is -2.37. The summed E-state index contributed by atoms with van der Waals surface area (Å²) in [5.41, 5.74) is 0. The van der Waals surface area contributed by atoms with Crippen LogP contribution in [0.5, 0.6) is 0 Å². The van der Waals surface area contributed by atoms with Gasteiger partial charge < -0.3 is 18.9 Å². The summed E-state index contributed by atoms with van der Waals surface area (Å²) < 4.78 is 34.5. The summed E-state index contributed by atoms with van der Waals surface area (Å²) in [5, 5.41) is 0. The molecule has 2 atom stereocenters. The Bertz CT molecular complexity index is 1620. The largest absolute Gasteiger partial charge is 0.472 e. The van der Waals surface area contributed by atoms with Gasteiger partial charge in [0.2, 0.25) is 0 Å². The number of likely N-dealkylation sites (N-methyl/N-ethyl adjacent to an activating group) is 1. The molecule has 2 unspecified atom stereocenters. The number of hydrogen-bond acceptors (Lipinski definition) is 7. The van der Waals surface area contributed by atoms with E-state index in [1.54, 1.807) is 0 Å². The Morgan fingerprint density at radius 3 is 1.12 bits per heavy atom. The van der Waals surface area contributed by atoms with Crippen molar-refractivity contribution in [3.8, 4) is 0 Å². The molecule has 77 heavy (non-hydrogen) atoms. The minimum Gasteiger partial charge on any atom is -0.462 e. The van der Waals surface area contributed by atoms with Gasteiger partial charge in [0.05, 0.1) is 27.7 Å². The van der Waals surface area contributed by atoms with Gasteiger partial charge in [0.1, 0.15) is 19.8 Å². The molecule has 0 rings (SSSR count). The van der Waals surface area contributed by atoms with Crippen molar-refractivity contribution < 1.29 is 42.1 Å². The second-order valence-corrected chi connectivity index (χ2v) is 23.5. The maximum absolute atomic E-state index is 12.8. The third-order valence-corrected chi connectivity index (χ3v) is 14.3. The highest BCUT2D eigenvalue weighted by Gasteiger charge is 2.27. The average molecular weight is 1100 g/mol. The van der Waals surface area contributed by atoms with Gasteiger partial charge in [0.15, 0.2) is 6.10 Å². The molecular weight excluding hydrogens is 978 g/mol. The number of rotatable bonds is 57. The lowest BCUT2D eigenvalue weighted by molar-refractivity contribution is -0.870. The van der Waals surface area contributed by atoms with Gasteiger partial charge in [-0.3, -0.25) is 18.6 Å². The first-order valence-electron chi connectivity index (χ1n) is 31.5. The van der Waals surface area contributed by atoms with Crippen LogP contribution in [0.1, 0.15) is 264 Å². The van der Waals surface area contributed by atoms with E-state index in [0.717, 1.165) is 96.3 Å². The van der Waals surface area contributed by atoms with Crippen LogP contribution in [0.4, 0.5) is 0 Å². The van der Waals surface area contributed by atoms with Crippen molar-refractivity contribution in [2.24, 2.45) is 0 Å². The van der Waals surface area contributed by atoms with E-state index < -0.39 is 26.5 Å². The molecular formula is C67H119NO8P+. The van der Waals surface area contributed by atoms with Crippen LogP contribution in [-0.2, 0) is 32.7 Å². The number of carbonyl (C=O) groups excluding carboxylic acids is 2. The third kappa shape index (κ3) is 62.0. The van der Waals surface area contributed by atoms with Gasteiger partial charge in [-0.1, -0.05) is 252 Å². The van der Waals surface area contributed by atoms with Crippen LogP contribution >= 0.6 is 7.82 Å². The van der Waals surface area contributed by atoms with Crippen LogP contribution in [0.25, 0.3) is 0 Å². The van der Waals surface area contributed by atoms with Crippen molar-refractivity contribution in [1.82, 2.24) is 0 Å². The fourth-order valence-corrected chi connectivity index (χ4v) is 9.26. The summed E-state index contributed by atoms with van der Waals surface area (Å²) in [4.78, 5) is 35.7. The molecule has 0 aliphatic heterocycles. The molecule has 0 amide bonds. The molecule has 0 aromatic heterocycles. The molecule has 1 N–H and O–H groups in total. The summed E-state index contributed by atoms with van der Waals surface area (Å²) in [6.45, 7) is 4.31. The number of quaternary nitrogens is 1. The number of carbonyl (C=O) groups is 2. The minimum atomic E-state index is -4.39. The zero-order valence-corrected chi connectivity index (χ0v) is 51.3. The van der Waals surface area contributed by atoms with Crippen molar-refractivity contribution in [3.63, 3.8) is 0 Å². The van der Waals surface area contributed by atoms with Gasteiger partial charge in [-0.2, -0.15) is 0 Å². The number of hydrogen-bond donors (Lipinski definition) is 1. The van der Waals surface area contributed by atoms with E-state index >= 15 is 0 Å². The van der Waals surface area contributed by atoms with Crippen LogP contribution in [0.15, 0.2) is 97.2 Å². The smallest absolute Gasteiger partial charge is 0.462 e. The van der Waals surface area contributed by atoms with E-state index in [9.17, 15) is 19.0 Å². The second-order valence-electron chi connectivity index (χ2n) is 22.1. The number of unbranched alkanes of at least 4 members (excludes halogenated alkanes) is 27. The lowest BCUT2D eigenvalue weighted by Gasteiger charge is -2.24. The zero-order valence-electron chi connectivity index (χ0n) is 50.4. The molecule has 9 nitrogen and oxygen atoms in total. The van der Waals surface area contributed by atoms with Crippen molar-refractivity contribution >= 4 is 19.8 Å². The van der Waals surface area contributed by atoms with Gasteiger partial charge in [0.25, 0.3) is 0 Å². The van der Waals surface area contributed by atoms with E-state index in [4.69, 9.17) is 18.5 Å². The molecule has 0 radical (unpaired) electrons. The molecule has 0 heterocycles. The molecule has 10 heteroatoms. The van der Waals surface area contributed by atoms with Crippen molar-refractivity contribution in [2.45, 2.75) is 270 Å². The van der Waals surface area contributed by atoms with Gasteiger partial charge in [-0.25, -0.2) is 4.57 Å². The quantitative estimate of drug-likeness (QED) is 0.0211. The number of allylic oxidation sites excluding steroid dienone is 16. The maximum Gasteiger partial charge on any atom is 0.472 e. The number of nitrogens with zero attached hydrogens (tertiary/aromatic N) is 1. The van der Waals surface area contributed by atoms with Crippen molar-refractivity contribution in [3.05, 3.63) is 97.2 Å². The zero-order chi connectivity index (χ0) is 56.3. The summed E-state index contributed by atoms with van der Waals surface area (Å²) in [6.07, 6.45) is 79.3. The summed E-state index contributed by atoms with van der Waals surface area (Å²) in [6, 6.07) is 0. The van der Waals surface area contributed by atoms with E-state index in [1.807, 2.05) is 21.1 Å². The molecule has 0 fully saturated rings. The molecule has 0 bridgehead atoms. The molecule has 0 saturated heterocycles. The fraction of sp³-hybridized carbons (Fsp3) is 0.731. The summed E-state index contributed by atoms with van der Waals surface area (Å²) in [7, 11) is 1.47. The van der Waals surface area contributed by atoms with E-state index in [-0.39, 0.29) is 32.0 Å². The summed E-state index contributed by atoms with van der Waals surface area (Å²) in [5.74, 6) is -0.803. The standard InChI is InChI=1S/C67H118NO8P/c1-6-8-10-12-14-16-18-20-22-23-24-25-26-27-28-29-30-31-32-33-34-35-36-37-38-39-40-41-42-43-44-45-46-48-50-52-54-56-58-60-67(70)76-65(64-75-77(71,72)74-62-61-68(3,4)5)63-73-66(69)59-57-55-53-51-49-47-21-19-17-15-13-11-9-7-2/h8,10,14,16,19-22,24-25,27-28,30-31,33-34,65H,6-7,9,11-13,15,17-18,23,26,29,32,35-64H2,1-5H3/p+1/b10-8-,16-14-,21-19-,22-20-,25-24-,28-27-,31-30-,34-33-. The molecule has 0 aliphatic carbocycles. The molecule has 0 spiro atoms. The van der Waals surface area contributed by atoms with Crippen molar-refractivity contribution in [1.29, 1.82) is 0 Å².